The molecule has 1 heterocycles. The number of Topliss-reactive ketones (excluding diaryl/α,β-unsaturated/α-hetero) is 2. The average Bonchev–Trinajstić information content (AvgIpc) is 3.07. The maximum Gasteiger partial charge on any atom is 0.231 e. The summed E-state index contributed by atoms with van der Waals surface area (Å²) in [4.78, 5) is 24.8. The first-order valence-corrected chi connectivity index (χ1v) is 9.07. The lowest BCUT2D eigenvalue weighted by atomic mass is 10.1. The van der Waals surface area contributed by atoms with Crippen LogP contribution in [0.25, 0.3) is 6.08 Å². The highest BCUT2D eigenvalue weighted by molar-refractivity contribution is 6.14. The lowest BCUT2D eigenvalue weighted by Gasteiger charge is -2.07. The molecule has 3 aromatic carbocycles. The summed E-state index contributed by atoms with van der Waals surface area (Å²) in [5, 5.41) is 0. The second-order valence-corrected chi connectivity index (χ2v) is 6.45. The molecule has 0 atom stereocenters. The molecule has 144 valence electrons. The summed E-state index contributed by atoms with van der Waals surface area (Å²) >= 11 is 0. The average molecular weight is 386 g/mol. The fourth-order valence-electron chi connectivity index (χ4n) is 2.97. The molecule has 1 aliphatic heterocycles. The first kappa shape index (κ1) is 18.5. The molecule has 0 N–H and O–H groups in total. The van der Waals surface area contributed by atoms with Crippen LogP contribution in [0.2, 0.25) is 0 Å². The predicted molar refractivity (Wildman–Crippen MR) is 109 cm³/mol. The number of fused-ring (bicyclic) bond motifs is 1. The fraction of sp³-hybridized carbons (Fsp3) is 0.0833. The summed E-state index contributed by atoms with van der Waals surface area (Å²) in [6.07, 6.45) is 1.70. The standard InChI is InChI=1S/C24H18O5/c1-27-18-9-7-17(8-10-18)21(25)15-28-19-11-12-20-22(14-19)29-23(24(20)26)13-16-5-3-2-4-6-16/h2-14H,15H2,1H3. The molecule has 0 saturated carbocycles. The third-order valence-electron chi connectivity index (χ3n) is 4.52. The Morgan fingerprint density at radius 2 is 1.69 bits per heavy atom. The van der Waals surface area contributed by atoms with Crippen LogP contribution in [0.1, 0.15) is 26.3 Å². The van der Waals surface area contributed by atoms with Crippen molar-refractivity contribution < 1.29 is 23.8 Å². The third-order valence-corrected chi connectivity index (χ3v) is 4.52. The molecule has 5 heteroatoms. The number of carbonyl (C=O) groups is 2. The van der Waals surface area contributed by atoms with Crippen LogP contribution in [0.4, 0.5) is 0 Å². The van der Waals surface area contributed by atoms with Crippen LogP contribution in [0.3, 0.4) is 0 Å². The molecule has 0 fully saturated rings. The Bertz CT molecular complexity index is 1080. The number of rotatable bonds is 6. The van der Waals surface area contributed by atoms with E-state index in [9.17, 15) is 9.59 Å². The Hall–Kier alpha value is -3.86. The molecule has 0 bridgehead atoms. The zero-order valence-corrected chi connectivity index (χ0v) is 15.8. The quantitative estimate of drug-likeness (QED) is 0.459. The highest BCUT2D eigenvalue weighted by Crippen LogP contribution is 2.34. The summed E-state index contributed by atoms with van der Waals surface area (Å²) in [5.41, 5.74) is 1.89. The van der Waals surface area contributed by atoms with Crippen molar-refractivity contribution in [3.8, 4) is 17.2 Å². The summed E-state index contributed by atoms with van der Waals surface area (Å²) < 4.78 is 16.4. The third kappa shape index (κ3) is 4.04. The molecule has 0 aliphatic carbocycles. The van der Waals surface area contributed by atoms with Crippen LogP contribution in [-0.2, 0) is 0 Å². The van der Waals surface area contributed by atoms with E-state index in [0.29, 0.717) is 28.4 Å². The van der Waals surface area contributed by atoms with Gasteiger partial charge in [-0.15, -0.1) is 0 Å². The van der Waals surface area contributed by atoms with Gasteiger partial charge in [0, 0.05) is 11.6 Å². The molecule has 0 aromatic heterocycles. The molecule has 0 spiro atoms. The number of benzene rings is 3. The van der Waals surface area contributed by atoms with E-state index in [1.54, 1.807) is 55.7 Å². The van der Waals surface area contributed by atoms with E-state index < -0.39 is 0 Å². The molecule has 0 amide bonds. The Morgan fingerprint density at radius 3 is 2.41 bits per heavy atom. The SMILES string of the molecule is COc1ccc(C(=O)COc2ccc3c(c2)OC(=Cc2ccccc2)C3=O)cc1. The number of methoxy groups -OCH3 is 1. The number of hydrogen-bond acceptors (Lipinski definition) is 5. The van der Waals surface area contributed by atoms with E-state index in [0.717, 1.165) is 5.56 Å². The Morgan fingerprint density at radius 1 is 0.966 bits per heavy atom. The highest BCUT2D eigenvalue weighted by atomic mass is 16.5. The monoisotopic (exact) mass is 386 g/mol. The zero-order valence-electron chi connectivity index (χ0n) is 15.8. The fourth-order valence-corrected chi connectivity index (χ4v) is 2.97. The van der Waals surface area contributed by atoms with Crippen LogP contribution in [0.15, 0.2) is 78.6 Å². The molecule has 3 aromatic rings. The van der Waals surface area contributed by atoms with Gasteiger partial charge in [-0.25, -0.2) is 0 Å². The number of ether oxygens (including phenoxy) is 3. The molecule has 0 unspecified atom stereocenters. The van der Waals surface area contributed by atoms with Crippen LogP contribution in [0.5, 0.6) is 17.2 Å². The summed E-state index contributed by atoms with van der Waals surface area (Å²) in [5.74, 6) is 1.49. The first-order valence-electron chi connectivity index (χ1n) is 9.07. The minimum absolute atomic E-state index is 0.119. The Balaban J connectivity index is 1.44. The highest BCUT2D eigenvalue weighted by Gasteiger charge is 2.27. The van der Waals surface area contributed by atoms with Gasteiger partial charge in [0.15, 0.2) is 18.1 Å². The van der Waals surface area contributed by atoms with Gasteiger partial charge in [0.05, 0.1) is 12.7 Å². The second-order valence-electron chi connectivity index (χ2n) is 6.45. The molecular weight excluding hydrogens is 368 g/mol. The van der Waals surface area contributed by atoms with E-state index in [2.05, 4.69) is 0 Å². The van der Waals surface area contributed by atoms with Crippen LogP contribution in [-0.4, -0.2) is 25.3 Å². The predicted octanol–water partition coefficient (Wildman–Crippen LogP) is 4.57. The van der Waals surface area contributed by atoms with Gasteiger partial charge in [0.1, 0.15) is 17.2 Å². The summed E-state index contributed by atoms with van der Waals surface area (Å²) in [7, 11) is 1.57. The van der Waals surface area contributed by atoms with Gasteiger partial charge >= 0.3 is 0 Å². The molecule has 5 nitrogen and oxygen atoms in total. The minimum Gasteiger partial charge on any atom is -0.497 e. The van der Waals surface area contributed by atoms with Crippen molar-refractivity contribution in [3.05, 3.63) is 95.2 Å². The molecule has 0 saturated heterocycles. The van der Waals surface area contributed by atoms with Gasteiger partial charge in [-0.3, -0.25) is 9.59 Å². The van der Waals surface area contributed by atoms with E-state index in [4.69, 9.17) is 14.2 Å². The summed E-state index contributed by atoms with van der Waals surface area (Å²) in [6.45, 7) is -0.119. The lowest BCUT2D eigenvalue weighted by molar-refractivity contribution is 0.0921. The molecule has 0 radical (unpaired) electrons. The number of allylic oxidation sites excluding steroid dienone is 1. The van der Waals surface area contributed by atoms with E-state index in [1.165, 1.54) is 0 Å². The van der Waals surface area contributed by atoms with Gasteiger partial charge in [-0.1, -0.05) is 30.3 Å². The van der Waals surface area contributed by atoms with Crippen LogP contribution in [0, 0.1) is 0 Å². The largest absolute Gasteiger partial charge is 0.497 e. The number of ketones is 2. The number of carbonyl (C=O) groups excluding carboxylic acids is 2. The van der Waals surface area contributed by atoms with Crippen molar-refractivity contribution >= 4 is 17.6 Å². The Labute approximate surface area is 168 Å². The van der Waals surface area contributed by atoms with Crippen molar-refractivity contribution in [1.29, 1.82) is 0 Å². The van der Waals surface area contributed by atoms with E-state index in [1.807, 2.05) is 30.3 Å². The van der Waals surface area contributed by atoms with Crippen molar-refractivity contribution in [3.63, 3.8) is 0 Å². The van der Waals surface area contributed by atoms with Crippen molar-refractivity contribution in [1.82, 2.24) is 0 Å². The normalized spacial score (nSPS) is 13.7. The van der Waals surface area contributed by atoms with Crippen LogP contribution < -0.4 is 14.2 Å². The topological polar surface area (TPSA) is 61.8 Å². The minimum atomic E-state index is -0.176. The maximum absolute atomic E-state index is 12.5. The maximum atomic E-state index is 12.5. The second kappa shape index (κ2) is 8.02. The van der Waals surface area contributed by atoms with E-state index >= 15 is 0 Å². The smallest absolute Gasteiger partial charge is 0.231 e. The first-order chi connectivity index (χ1) is 14.1. The van der Waals surface area contributed by atoms with Gasteiger partial charge in [0.25, 0.3) is 0 Å². The summed E-state index contributed by atoms with van der Waals surface area (Å²) in [6, 6.07) is 21.2. The number of hydrogen-bond donors (Lipinski definition) is 0. The van der Waals surface area contributed by atoms with Crippen molar-refractivity contribution in [2.45, 2.75) is 0 Å². The zero-order chi connectivity index (χ0) is 20.2. The Kier molecular flexibility index (Phi) is 5.12. The molecule has 29 heavy (non-hydrogen) atoms. The molecule has 4 rings (SSSR count). The van der Waals surface area contributed by atoms with Gasteiger partial charge in [-0.05, 0) is 48.0 Å². The van der Waals surface area contributed by atoms with Crippen LogP contribution >= 0.6 is 0 Å². The lowest BCUT2D eigenvalue weighted by Crippen LogP contribution is -2.11. The van der Waals surface area contributed by atoms with Gasteiger partial charge in [0.2, 0.25) is 5.78 Å². The van der Waals surface area contributed by atoms with E-state index in [-0.39, 0.29) is 23.9 Å². The molecule has 1 aliphatic rings. The van der Waals surface area contributed by atoms with Crippen molar-refractivity contribution in [2.24, 2.45) is 0 Å². The van der Waals surface area contributed by atoms with Gasteiger partial charge < -0.3 is 14.2 Å². The van der Waals surface area contributed by atoms with Gasteiger partial charge in [-0.2, -0.15) is 0 Å². The van der Waals surface area contributed by atoms with Crippen molar-refractivity contribution in [2.75, 3.05) is 13.7 Å². The molecular formula is C24H18O5.